The van der Waals surface area contributed by atoms with Crippen LogP contribution >= 0.6 is 0 Å². The Morgan fingerprint density at radius 3 is 2.59 bits per heavy atom. The van der Waals surface area contributed by atoms with E-state index >= 15 is 0 Å². The van der Waals surface area contributed by atoms with E-state index in [9.17, 15) is 19.1 Å². The zero-order valence-electron chi connectivity index (χ0n) is 20.3. The summed E-state index contributed by atoms with van der Waals surface area (Å²) in [6.45, 7) is 3.15. The highest BCUT2D eigenvalue weighted by molar-refractivity contribution is 5.94. The van der Waals surface area contributed by atoms with E-state index in [2.05, 4.69) is 20.3 Å². The molecule has 2 aromatic carbocycles. The number of benzene rings is 2. The number of pyridine rings is 1. The molecule has 5 rings (SSSR count). The SMILES string of the molecule is N=N/C(=C\Nc1ccc(C(=O)N2CCC(N3CCC(O)CC3)C2)cc1)c1cc2cc(F)ccc2[nH]c1=O. The van der Waals surface area contributed by atoms with Gasteiger partial charge in [0, 0.05) is 60.6 Å². The Hall–Kier alpha value is -3.89. The Balaban J connectivity index is 1.24. The first-order chi connectivity index (χ1) is 17.9. The van der Waals surface area contributed by atoms with Crippen molar-refractivity contribution in [2.75, 3.05) is 31.5 Å². The van der Waals surface area contributed by atoms with Gasteiger partial charge in [0.2, 0.25) is 0 Å². The number of hydrogen-bond donors (Lipinski definition) is 4. The van der Waals surface area contributed by atoms with E-state index in [1.165, 1.54) is 30.5 Å². The van der Waals surface area contributed by atoms with E-state index in [1.54, 1.807) is 24.3 Å². The molecule has 1 unspecified atom stereocenters. The zero-order chi connectivity index (χ0) is 25.9. The first-order valence-corrected chi connectivity index (χ1v) is 12.4. The summed E-state index contributed by atoms with van der Waals surface area (Å²) in [5, 5.41) is 16.7. The summed E-state index contributed by atoms with van der Waals surface area (Å²) in [6, 6.07) is 12.9. The molecule has 2 saturated heterocycles. The number of fused-ring (bicyclic) bond motifs is 1. The third-order valence-electron chi connectivity index (χ3n) is 7.18. The summed E-state index contributed by atoms with van der Waals surface area (Å²) in [5.41, 5.74) is 9.04. The zero-order valence-corrected chi connectivity index (χ0v) is 20.3. The van der Waals surface area contributed by atoms with Crippen molar-refractivity contribution < 1.29 is 14.3 Å². The molecule has 1 atom stereocenters. The van der Waals surface area contributed by atoms with E-state index in [-0.39, 0.29) is 23.3 Å². The number of hydrogen-bond acceptors (Lipinski definition) is 7. The molecule has 1 aromatic heterocycles. The number of aromatic amines is 1. The van der Waals surface area contributed by atoms with Gasteiger partial charge in [-0.25, -0.2) is 9.92 Å². The van der Waals surface area contributed by atoms with Gasteiger partial charge in [0.25, 0.3) is 11.5 Å². The fourth-order valence-electron chi connectivity index (χ4n) is 5.06. The number of H-pyrrole nitrogens is 1. The van der Waals surface area contributed by atoms with Gasteiger partial charge >= 0.3 is 0 Å². The molecule has 0 spiro atoms. The number of aliphatic hydroxyl groups is 1. The molecular weight excluding hydrogens is 475 g/mol. The van der Waals surface area contributed by atoms with Crippen molar-refractivity contribution in [2.24, 2.45) is 5.11 Å². The van der Waals surface area contributed by atoms with Crippen molar-refractivity contribution >= 4 is 28.2 Å². The Morgan fingerprint density at radius 2 is 1.86 bits per heavy atom. The van der Waals surface area contributed by atoms with E-state index < -0.39 is 11.4 Å². The minimum Gasteiger partial charge on any atom is -0.393 e. The third-order valence-corrected chi connectivity index (χ3v) is 7.18. The molecule has 0 saturated carbocycles. The lowest BCUT2D eigenvalue weighted by molar-refractivity contribution is 0.0592. The van der Waals surface area contributed by atoms with Gasteiger partial charge in [-0.15, -0.1) is 0 Å². The Kier molecular flexibility index (Phi) is 7.11. The highest BCUT2D eigenvalue weighted by Crippen LogP contribution is 2.23. The smallest absolute Gasteiger partial charge is 0.258 e. The fourth-order valence-corrected chi connectivity index (χ4v) is 5.06. The van der Waals surface area contributed by atoms with E-state index in [4.69, 9.17) is 5.53 Å². The molecule has 1 amide bonds. The fraction of sp³-hybridized carbons (Fsp3) is 0.333. The van der Waals surface area contributed by atoms with Crippen LogP contribution in [-0.2, 0) is 0 Å². The maximum absolute atomic E-state index is 13.6. The number of amides is 1. The lowest BCUT2D eigenvalue weighted by Gasteiger charge is -2.34. The van der Waals surface area contributed by atoms with Gasteiger partial charge in [-0.1, -0.05) is 0 Å². The number of likely N-dealkylation sites (tertiary alicyclic amines) is 2. The van der Waals surface area contributed by atoms with Crippen LogP contribution in [-0.4, -0.2) is 64.1 Å². The molecule has 4 N–H and O–H groups in total. The van der Waals surface area contributed by atoms with Crippen molar-refractivity contribution in [3.8, 4) is 0 Å². The second kappa shape index (κ2) is 10.6. The standard InChI is InChI=1S/C27H29FN6O3/c28-19-3-6-24-18(13-19)14-23(26(36)31-24)25(32-29)15-30-20-4-1-17(2-5-20)27(37)34-10-7-21(16-34)33-11-8-22(35)9-12-33/h1-6,13-15,21-22,29-30,35H,7-12,16H2,(H,31,36)/b25-15-,32-29?. The van der Waals surface area contributed by atoms with Crippen LogP contribution in [0.1, 0.15) is 35.2 Å². The lowest BCUT2D eigenvalue weighted by atomic mass is 10.1. The van der Waals surface area contributed by atoms with E-state index in [0.29, 0.717) is 41.3 Å². The van der Waals surface area contributed by atoms with Crippen LogP contribution in [0.25, 0.3) is 16.6 Å². The molecule has 2 aliphatic heterocycles. The van der Waals surface area contributed by atoms with Crippen LogP contribution in [0.3, 0.4) is 0 Å². The van der Waals surface area contributed by atoms with Gasteiger partial charge < -0.3 is 20.3 Å². The van der Waals surface area contributed by atoms with Gasteiger partial charge in [-0.2, -0.15) is 5.11 Å². The number of carbonyl (C=O) groups is 1. The minimum absolute atomic E-state index is 0.0154. The quantitative estimate of drug-likeness (QED) is 0.380. The second-order valence-electron chi connectivity index (χ2n) is 9.57. The minimum atomic E-state index is -0.436. The predicted molar refractivity (Wildman–Crippen MR) is 139 cm³/mol. The van der Waals surface area contributed by atoms with Crippen LogP contribution in [0.5, 0.6) is 0 Å². The predicted octanol–water partition coefficient (Wildman–Crippen LogP) is 3.78. The number of nitrogens with zero attached hydrogens (tertiary/aromatic N) is 3. The van der Waals surface area contributed by atoms with Crippen LogP contribution in [0.4, 0.5) is 10.1 Å². The normalized spacial score (nSPS) is 19.4. The van der Waals surface area contributed by atoms with Crippen LogP contribution in [0, 0.1) is 11.3 Å². The van der Waals surface area contributed by atoms with Crippen LogP contribution in [0.2, 0.25) is 0 Å². The van der Waals surface area contributed by atoms with Crippen molar-refractivity contribution in [1.29, 1.82) is 5.53 Å². The topological polar surface area (TPSA) is 125 Å². The lowest BCUT2D eigenvalue weighted by Crippen LogP contribution is -2.44. The van der Waals surface area contributed by atoms with Gasteiger partial charge in [0.05, 0.1) is 11.7 Å². The number of piperidine rings is 1. The average Bonchev–Trinajstić information content (AvgIpc) is 3.40. The highest BCUT2D eigenvalue weighted by Gasteiger charge is 2.32. The summed E-state index contributed by atoms with van der Waals surface area (Å²) in [4.78, 5) is 32.5. The summed E-state index contributed by atoms with van der Waals surface area (Å²) in [7, 11) is 0. The molecular formula is C27H29FN6O3. The molecule has 0 radical (unpaired) electrons. The summed E-state index contributed by atoms with van der Waals surface area (Å²) < 4.78 is 13.6. The highest BCUT2D eigenvalue weighted by atomic mass is 19.1. The van der Waals surface area contributed by atoms with Crippen molar-refractivity contribution in [1.82, 2.24) is 14.8 Å². The number of halogens is 1. The van der Waals surface area contributed by atoms with E-state index in [1.807, 2.05) is 4.90 Å². The Bertz CT molecular complexity index is 1400. The number of aromatic nitrogens is 1. The maximum atomic E-state index is 13.6. The molecule has 9 nitrogen and oxygen atoms in total. The number of anilines is 1. The van der Waals surface area contributed by atoms with Crippen molar-refractivity contribution in [3.63, 3.8) is 0 Å². The van der Waals surface area contributed by atoms with Gasteiger partial charge in [0.1, 0.15) is 11.5 Å². The maximum Gasteiger partial charge on any atom is 0.258 e. The van der Waals surface area contributed by atoms with Crippen LogP contribution < -0.4 is 10.9 Å². The number of carbonyl (C=O) groups excluding carboxylic acids is 1. The molecule has 2 fully saturated rings. The monoisotopic (exact) mass is 504 g/mol. The second-order valence-corrected chi connectivity index (χ2v) is 9.57. The molecule has 2 aliphatic rings. The summed E-state index contributed by atoms with van der Waals surface area (Å²) >= 11 is 0. The van der Waals surface area contributed by atoms with Gasteiger partial charge in [-0.05, 0) is 67.8 Å². The summed E-state index contributed by atoms with van der Waals surface area (Å²) in [5.74, 6) is -0.444. The van der Waals surface area contributed by atoms with Crippen molar-refractivity contribution in [3.05, 3.63) is 82.0 Å². The van der Waals surface area contributed by atoms with E-state index in [0.717, 1.165) is 32.4 Å². The Labute approximate surface area is 213 Å². The molecule has 3 heterocycles. The van der Waals surface area contributed by atoms with Crippen molar-refractivity contribution in [2.45, 2.75) is 31.4 Å². The molecule has 3 aromatic rings. The van der Waals surface area contributed by atoms with Gasteiger partial charge in [-0.3, -0.25) is 14.5 Å². The number of aliphatic hydroxyl groups excluding tert-OH is 1. The molecule has 10 heteroatoms. The average molecular weight is 505 g/mol. The number of nitrogens with one attached hydrogen (secondary N) is 3. The first kappa shape index (κ1) is 24.8. The third kappa shape index (κ3) is 5.45. The first-order valence-electron chi connectivity index (χ1n) is 12.4. The van der Waals surface area contributed by atoms with Crippen LogP contribution in [0.15, 0.2) is 64.6 Å². The Morgan fingerprint density at radius 1 is 1.11 bits per heavy atom. The molecule has 0 bridgehead atoms. The molecule has 192 valence electrons. The molecule has 37 heavy (non-hydrogen) atoms. The number of rotatable bonds is 6. The summed E-state index contributed by atoms with van der Waals surface area (Å²) in [6.07, 6.45) is 3.74. The molecule has 0 aliphatic carbocycles. The largest absolute Gasteiger partial charge is 0.393 e. The van der Waals surface area contributed by atoms with Gasteiger partial charge in [0.15, 0.2) is 0 Å².